The van der Waals surface area contributed by atoms with E-state index in [9.17, 15) is 22.7 Å². The number of hydrogen-bond acceptors (Lipinski definition) is 4. The smallest absolute Gasteiger partial charge is 0.350 e. The molecule has 0 radical (unpaired) electrons. The average Bonchev–Trinajstić information content (AvgIpc) is 3.12. The van der Waals surface area contributed by atoms with E-state index in [0.717, 1.165) is 11.1 Å². The lowest BCUT2D eigenvalue weighted by atomic mass is 10.0. The first-order valence-electron chi connectivity index (χ1n) is 8.63. The molecule has 3 aromatic rings. The summed E-state index contributed by atoms with van der Waals surface area (Å²) in [6.07, 6.45) is -5.73. The van der Waals surface area contributed by atoms with Crippen LogP contribution in [0.2, 0.25) is 0 Å². The minimum absolute atomic E-state index is 0.00407. The zero-order chi connectivity index (χ0) is 20.6. The third-order valence-electron chi connectivity index (χ3n) is 4.56. The van der Waals surface area contributed by atoms with E-state index in [-0.39, 0.29) is 11.5 Å². The second-order valence-electron chi connectivity index (χ2n) is 6.58. The number of nitrogens with zero attached hydrogens (tertiary/aromatic N) is 2. The van der Waals surface area contributed by atoms with E-state index in [1.54, 1.807) is 48.5 Å². The van der Waals surface area contributed by atoms with Gasteiger partial charge in [0.15, 0.2) is 0 Å². The molecule has 0 amide bonds. The van der Waals surface area contributed by atoms with Crippen LogP contribution in [0.3, 0.4) is 0 Å². The quantitative estimate of drug-likeness (QED) is 0.632. The fraction of sp³-hybridized carbons (Fsp3) is 0.143. The molecule has 1 aliphatic heterocycles. The van der Waals surface area contributed by atoms with E-state index in [1.165, 1.54) is 12.1 Å². The summed E-state index contributed by atoms with van der Waals surface area (Å²) in [6.45, 7) is 0. The average molecular weight is 402 g/mol. The van der Waals surface area contributed by atoms with Crippen LogP contribution in [0, 0.1) is 5.82 Å². The van der Waals surface area contributed by atoms with Gasteiger partial charge in [0.1, 0.15) is 5.82 Å². The Labute approximate surface area is 163 Å². The van der Waals surface area contributed by atoms with Gasteiger partial charge in [0.2, 0.25) is 0 Å². The molecule has 29 heavy (non-hydrogen) atoms. The summed E-state index contributed by atoms with van der Waals surface area (Å²) in [6, 6.07) is 17.9. The number of oxime groups is 1. The monoisotopic (exact) mass is 402 g/mol. The Morgan fingerprint density at radius 3 is 1.86 bits per heavy atom. The number of hydrogen-bond donors (Lipinski definition) is 1. The third kappa shape index (κ3) is 3.71. The first-order valence-corrected chi connectivity index (χ1v) is 8.63. The van der Waals surface area contributed by atoms with Crippen molar-refractivity contribution in [2.45, 2.75) is 18.4 Å². The van der Waals surface area contributed by atoms with Crippen molar-refractivity contribution in [2.24, 2.45) is 5.16 Å². The molecule has 4 rings (SSSR count). The Balaban J connectivity index is 1.56. The molecule has 2 aromatic carbocycles. The molecule has 0 spiro atoms. The summed E-state index contributed by atoms with van der Waals surface area (Å²) < 4.78 is 51.6. The van der Waals surface area contributed by atoms with E-state index >= 15 is 0 Å². The fourth-order valence-corrected chi connectivity index (χ4v) is 2.94. The topological polar surface area (TPSA) is 54.7 Å². The van der Waals surface area contributed by atoms with Gasteiger partial charge in [-0.15, -0.1) is 0 Å². The van der Waals surface area contributed by atoms with Crippen molar-refractivity contribution in [2.75, 3.05) is 0 Å². The van der Waals surface area contributed by atoms with Crippen LogP contribution in [0.1, 0.15) is 12.0 Å². The summed E-state index contributed by atoms with van der Waals surface area (Å²) in [5.74, 6) is -3.64. The van der Waals surface area contributed by atoms with Crippen molar-refractivity contribution in [3.63, 3.8) is 0 Å². The molecule has 0 aliphatic carbocycles. The van der Waals surface area contributed by atoms with Crippen molar-refractivity contribution in [3.05, 3.63) is 78.1 Å². The van der Waals surface area contributed by atoms with Gasteiger partial charge in [-0.25, -0.2) is 9.37 Å². The lowest BCUT2D eigenvalue weighted by Crippen LogP contribution is -2.45. The number of benzene rings is 2. The highest BCUT2D eigenvalue weighted by molar-refractivity contribution is 6.01. The Kier molecular flexibility index (Phi) is 4.58. The number of pyridine rings is 1. The van der Waals surface area contributed by atoms with E-state index in [4.69, 9.17) is 0 Å². The van der Waals surface area contributed by atoms with Gasteiger partial charge in [-0.05, 0) is 42.0 Å². The molecule has 1 aliphatic rings. The summed E-state index contributed by atoms with van der Waals surface area (Å²) in [5, 5.41) is 12.9. The van der Waals surface area contributed by atoms with Crippen molar-refractivity contribution in [1.29, 1.82) is 0 Å². The molecule has 4 nitrogen and oxygen atoms in total. The molecule has 1 atom stereocenters. The minimum Gasteiger partial charge on any atom is -0.350 e. The standard InChI is InChI=1S/C21H14F4N2O2/c22-16-10-8-14(9-11-16)18-3-1-2-17(26-18)13-4-6-15(7-5-13)19-12-20(28,29-27-19)21(23,24)25/h1-11,28H,12H2. The maximum Gasteiger partial charge on any atom is 0.458 e. The molecule has 0 saturated heterocycles. The van der Waals surface area contributed by atoms with Gasteiger partial charge in [-0.1, -0.05) is 35.5 Å². The molecule has 1 unspecified atom stereocenters. The maximum absolute atomic E-state index is 13.1. The third-order valence-corrected chi connectivity index (χ3v) is 4.56. The van der Waals surface area contributed by atoms with Crippen LogP contribution in [0.25, 0.3) is 22.5 Å². The number of aromatic nitrogens is 1. The van der Waals surface area contributed by atoms with Gasteiger partial charge in [-0.2, -0.15) is 13.2 Å². The normalized spacial score (nSPS) is 19.0. The van der Waals surface area contributed by atoms with Gasteiger partial charge in [0.05, 0.1) is 23.5 Å². The van der Waals surface area contributed by atoms with E-state index in [0.29, 0.717) is 17.0 Å². The van der Waals surface area contributed by atoms with Crippen molar-refractivity contribution >= 4 is 5.71 Å². The minimum atomic E-state index is -4.94. The molecule has 1 aromatic heterocycles. The van der Waals surface area contributed by atoms with Crippen molar-refractivity contribution in [1.82, 2.24) is 4.98 Å². The Morgan fingerprint density at radius 2 is 1.34 bits per heavy atom. The van der Waals surface area contributed by atoms with Gasteiger partial charge in [0, 0.05) is 11.1 Å². The highest BCUT2D eigenvalue weighted by Gasteiger charge is 2.60. The SMILES string of the molecule is OC1(C(F)(F)F)CC(c2ccc(-c3cccc(-c4ccc(F)cc4)n3)cc2)=NO1. The molecule has 0 bridgehead atoms. The number of aliphatic hydroxyl groups is 1. The Morgan fingerprint density at radius 1 is 0.828 bits per heavy atom. The molecular weight excluding hydrogens is 388 g/mol. The molecular formula is C21H14F4N2O2. The first kappa shape index (κ1) is 19.1. The zero-order valence-electron chi connectivity index (χ0n) is 14.8. The van der Waals surface area contributed by atoms with Gasteiger partial charge >= 0.3 is 12.0 Å². The molecule has 0 fully saturated rings. The maximum atomic E-state index is 13.1. The predicted octanol–water partition coefficient (Wildman–Crippen LogP) is 4.93. The molecule has 2 heterocycles. The van der Waals surface area contributed by atoms with Crippen LogP contribution in [0.4, 0.5) is 17.6 Å². The highest BCUT2D eigenvalue weighted by Crippen LogP contribution is 2.39. The summed E-state index contributed by atoms with van der Waals surface area (Å²) in [4.78, 5) is 8.80. The van der Waals surface area contributed by atoms with E-state index in [2.05, 4.69) is 15.0 Å². The molecule has 148 valence electrons. The first-order chi connectivity index (χ1) is 13.7. The van der Waals surface area contributed by atoms with Crippen LogP contribution >= 0.6 is 0 Å². The predicted molar refractivity (Wildman–Crippen MR) is 98.3 cm³/mol. The van der Waals surface area contributed by atoms with Crippen LogP contribution in [0.5, 0.6) is 0 Å². The van der Waals surface area contributed by atoms with E-state index in [1.807, 2.05) is 6.07 Å². The van der Waals surface area contributed by atoms with Crippen LogP contribution in [-0.4, -0.2) is 27.8 Å². The summed E-state index contributed by atoms with van der Waals surface area (Å²) in [5.41, 5.74) is 3.22. The van der Waals surface area contributed by atoms with Gasteiger partial charge in [0.25, 0.3) is 0 Å². The highest BCUT2D eigenvalue weighted by atomic mass is 19.4. The van der Waals surface area contributed by atoms with Crippen LogP contribution < -0.4 is 0 Å². The van der Waals surface area contributed by atoms with Crippen LogP contribution in [-0.2, 0) is 4.84 Å². The molecule has 8 heteroatoms. The number of halogens is 4. The Hall–Kier alpha value is -3.26. The van der Waals surface area contributed by atoms with Crippen molar-refractivity contribution in [3.8, 4) is 22.5 Å². The van der Waals surface area contributed by atoms with Gasteiger partial charge < -0.3 is 9.94 Å². The molecule has 0 saturated carbocycles. The molecule has 1 N–H and O–H groups in total. The lowest BCUT2D eigenvalue weighted by Gasteiger charge is -2.22. The lowest BCUT2D eigenvalue weighted by molar-refractivity contribution is -0.355. The van der Waals surface area contributed by atoms with Crippen LogP contribution in [0.15, 0.2) is 71.9 Å². The second-order valence-corrected chi connectivity index (χ2v) is 6.58. The number of alkyl halides is 3. The largest absolute Gasteiger partial charge is 0.458 e. The second kappa shape index (κ2) is 6.97. The summed E-state index contributed by atoms with van der Waals surface area (Å²) in [7, 11) is 0. The zero-order valence-corrected chi connectivity index (χ0v) is 14.8. The van der Waals surface area contributed by atoms with Crippen molar-refractivity contribution < 1.29 is 27.5 Å². The Bertz CT molecular complexity index is 1060. The number of rotatable bonds is 3. The fourth-order valence-electron chi connectivity index (χ4n) is 2.94. The van der Waals surface area contributed by atoms with Gasteiger partial charge in [-0.3, -0.25) is 0 Å². The van der Waals surface area contributed by atoms with E-state index < -0.39 is 18.4 Å². The summed E-state index contributed by atoms with van der Waals surface area (Å²) >= 11 is 0.